The Balaban J connectivity index is 0.000000605. The first-order valence-electron chi connectivity index (χ1n) is 3.84. The van der Waals surface area contributed by atoms with Gasteiger partial charge in [-0.05, 0) is 32.7 Å². The third kappa shape index (κ3) is 0.953. The molecule has 0 atom stereocenters. The quantitative estimate of drug-likeness (QED) is 0.657. The van der Waals surface area contributed by atoms with E-state index in [9.17, 15) is 0 Å². The summed E-state index contributed by atoms with van der Waals surface area (Å²) >= 11 is 0. The largest absolute Gasteiger partial charge is 0.314 e. The zero-order chi connectivity index (χ0) is 7.24. The lowest BCUT2D eigenvalue weighted by molar-refractivity contribution is 0.145. The van der Waals surface area contributed by atoms with E-state index in [1.807, 2.05) is 7.05 Å². The van der Waals surface area contributed by atoms with Crippen molar-refractivity contribution in [2.75, 3.05) is 7.05 Å². The number of halogens is 1. The second kappa shape index (κ2) is 2.36. The highest BCUT2D eigenvalue weighted by Gasteiger charge is 2.60. The van der Waals surface area contributed by atoms with Crippen molar-refractivity contribution in [3.8, 4) is 6.07 Å². The summed E-state index contributed by atoms with van der Waals surface area (Å²) in [6, 6.07) is 2.43. The predicted molar refractivity (Wildman–Crippen MR) is 47.7 cm³/mol. The van der Waals surface area contributed by atoms with Gasteiger partial charge in [0.1, 0.15) is 0 Å². The molecule has 0 heterocycles. The van der Waals surface area contributed by atoms with Crippen LogP contribution >= 0.6 is 12.4 Å². The maximum absolute atomic E-state index is 8.80. The molecular weight excluding hydrogens is 160 g/mol. The number of hydrogen-bond donors (Lipinski definition) is 1. The van der Waals surface area contributed by atoms with E-state index in [4.69, 9.17) is 5.26 Å². The Morgan fingerprint density at radius 1 is 1.45 bits per heavy atom. The smallest absolute Gasteiger partial charge is 0.0691 e. The first-order chi connectivity index (χ1) is 4.74. The molecule has 0 aromatic carbocycles. The number of hydrogen-bond acceptors (Lipinski definition) is 2. The highest BCUT2D eigenvalue weighted by atomic mass is 35.5. The molecule has 1 N–H and O–H groups in total. The van der Waals surface area contributed by atoms with E-state index in [0.717, 1.165) is 19.3 Å². The molecular formula is C8H15ClN2. The van der Waals surface area contributed by atoms with E-state index in [1.165, 1.54) is 6.42 Å². The second-order valence-corrected chi connectivity index (χ2v) is 3.78. The van der Waals surface area contributed by atoms with E-state index >= 15 is 0 Å². The molecule has 0 aromatic heterocycles. The molecule has 2 nitrogen and oxygen atoms in total. The van der Waals surface area contributed by atoms with E-state index < -0.39 is 0 Å². The van der Waals surface area contributed by atoms with Gasteiger partial charge >= 0.3 is 0 Å². The van der Waals surface area contributed by atoms with Crippen LogP contribution in [-0.4, -0.2) is 12.6 Å². The molecule has 64 valence electrons. The lowest BCUT2D eigenvalue weighted by atomic mass is 9.66. The summed E-state index contributed by atoms with van der Waals surface area (Å²) in [7, 11) is 2.01. The van der Waals surface area contributed by atoms with Gasteiger partial charge in [0.2, 0.25) is 0 Å². The normalized spacial score (nSPS) is 45.5. The fourth-order valence-electron chi connectivity index (χ4n) is 2.51. The molecule has 0 saturated heterocycles. The van der Waals surface area contributed by atoms with Gasteiger partial charge in [0, 0.05) is 6.97 Å². The second-order valence-electron chi connectivity index (χ2n) is 3.78. The van der Waals surface area contributed by atoms with Crippen molar-refractivity contribution >= 4 is 12.4 Å². The Labute approximate surface area is 74.9 Å². The fourth-order valence-corrected chi connectivity index (χ4v) is 2.51. The van der Waals surface area contributed by atoms with E-state index in [0.29, 0.717) is 5.54 Å². The van der Waals surface area contributed by atoms with Gasteiger partial charge < -0.3 is 5.32 Å². The average Bonchev–Trinajstić information content (AvgIpc) is 2.40. The third-order valence-corrected chi connectivity index (χ3v) is 3.20. The topological polar surface area (TPSA) is 35.8 Å². The molecule has 0 radical (unpaired) electrons. The Kier molecular flexibility index (Phi) is 1.90. The molecule has 3 fully saturated rings. The van der Waals surface area contributed by atoms with Crippen molar-refractivity contribution in [1.29, 1.82) is 5.26 Å². The number of fused-ring (bicyclic) bond motifs is 1. The van der Waals surface area contributed by atoms with E-state index in [-0.39, 0.29) is 19.2 Å². The molecule has 0 spiro atoms. The van der Waals surface area contributed by atoms with Gasteiger partial charge in [-0.1, -0.05) is 0 Å². The molecule has 3 aliphatic carbocycles. The van der Waals surface area contributed by atoms with Crippen molar-refractivity contribution in [3.05, 3.63) is 0 Å². The average molecular weight is 175 g/mol. The van der Waals surface area contributed by atoms with Crippen LogP contribution in [-0.2, 0) is 0 Å². The standard InChI is InChI=1S/C8H12N2.ClH.H2/c1-10-8-3-2-7(4-8,5-8)6-9;;/h10H,2-5H2,1H3;2*1H. The van der Waals surface area contributed by atoms with Crippen molar-refractivity contribution in [2.45, 2.75) is 31.2 Å². The monoisotopic (exact) mass is 174 g/mol. The van der Waals surface area contributed by atoms with Crippen LogP contribution in [0.1, 0.15) is 27.1 Å². The Hall–Kier alpha value is -0.260. The summed E-state index contributed by atoms with van der Waals surface area (Å²) in [6.45, 7) is 0. The van der Waals surface area contributed by atoms with Crippen LogP contribution in [0, 0.1) is 16.7 Å². The summed E-state index contributed by atoms with van der Waals surface area (Å²) in [6.07, 6.45) is 4.50. The first kappa shape index (κ1) is 8.83. The van der Waals surface area contributed by atoms with Crippen molar-refractivity contribution < 1.29 is 1.43 Å². The summed E-state index contributed by atoms with van der Waals surface area (Å²) in [5.41, 5.74) is 0.457. The number of rotatable bonds is 1. The van der Waals surface area contributed by atoms with Crippen LogP contribution in [0.3, 0.4) is 0 Å². The fraction of sp³-hybridized carbons (Fsp3) is 0.875. The summed E-state index contributed by atoms with van der Waals surface area (Å²) in [5.74, 6) is 0. The number of nitriles is 1. The first-order valence-corrected chi connectivity index (χ1v) is 3.84. The SMILES string of the molecule is CNC12CCC(C#N)(C1)C2.Cl.[HH]. The zero-order valence-electron chi connectivity index (χ0n) is 6.68. The van der Waals surface area contributed by atoms with Crippen LogP contribution in [0.25, 0.3) is 0 Å². The summed E-state index contributed by atoms with van der Waals surface area (Å²) in [4.78, 5) is 0. The minimum atomic E-state index is 0. The minimum Gasteiger partial charge on any atom is -0.314 e. The molecule has 0 unspecified atom stereocenters. The van der Waals surface area contributed by atoms with Crippen LogP contribution in [0.2, 0.25) is 0 Å². The zero-order valence-corrected chi connectivity index (χ0v) is 7.50. The maximum Gasteiger partial charge on any atom is 0.0691 e. The molecule has 3 saturated carbocycles. The van der Waals surface area contributed by atoms with Crippen molar-refractivity contribution in [3.63, 3.8) is 0 Å². The number of nitrogens with one attached hydrogen (secondary N) is 1. The molecule has 3 rings (SSSR count). The predicted octanol–water partition coefficient (Wildman–Crippen LogP) is 1.71. The maximum atomic E-state index is 8.80. The molecule has 0 aliphatic heterocycles. The number of nitrogens with zero attached hydrogens (tertiary/aromatic N) is 1. The van der Waals surface area contributed by atoms with Gasteiger partial charge in [0.15, 0.2) is 0 Å². The van der Waals surface area contributed by atoms with E-state index in [1.54, 1.807) is 0 Å². The van der Waals surface area contributed by atoms with Gasteiger partial charge in [0.05, 0.1) is 11.5 Å². The van der Waals surface area contributed by atoms with Gasteiger partial charge in [0.25, 0.3) is 0 Å². The highest BCUT2D eigenvalue weighted by molar-refractivity contribution is 5.85. The molecule has 3 aliphatic rings. The molecule has 3 heteroatoms. The molecule has 11 heavy (non-hydrogen) atoms. The van der Waals surface area contributed by atoms with E-state index in [2.05, 4.69) is 11.4 Å². The van der Waals surface area contributed by atoms with Crippen LogP contribution in [0.5, 0.6) is 0 Å². The van der Waals surface area contributed by atoms with Crippen molar-refractivity contribution in [1.82, 2.24) is 5.32 Å². The van der Waals surface area contributed by atoms with Crippen molar-refractivity contribution in [2.24, 2.45) is 5.41 Å². The molecule has 0 aromatic rings. The van der Waals surface area contributed by atoms with Gasteiger partial charge in [-0.2, -0.15) is 5.26 Å². The lowest BCUT2D eigenvalue weighted by Crippen LogP contribution is -2.51. The summed E-state index contributed by atoms with van der Waals surface area (Å²) < 4.78 is 0. The lowest BCUT2D eigenvalue weighted by Gasteiger charge is -2.43. The van der Waals surface area contributed by atoms with Gasteiger partial charge in [-0.15, -0.1) is 12.4 Å². The van der Waals surface area contributed by atoms with Gasteiger partial charge in [-0.3, -0.25) is 0 Å². The van der Waals surface area contributed by atoms with Crippen LogP contribution < -0.4 is 5.32 Å². The third-order valence-electron chi connectivity index (χ3n) is 3.20. The molecule has 0 amide bonds. The summed E-state index contributed by atoms with van der Waals surface area (Å²) in [5, 5.41) is 12.1. The Morgan fingerprint density at radius 2 is 2.09 bits per heavy atom. The minimum absolute atomic E-state index is 0. The molecule has 2 bridgehead atoms. The highest BCUT2D eigenvalue weighted by Crippen LogP contribution is 2.60. The van der Waals surface area contributed by atoms with Crippen LogP contribution in [0.15, 0.2) is 0 Å². The van der Waals surface area contributed by atoms with Crippen LogP contribution in [0.4, 0.5) is 0 Å². The Bertz CT molecular complexity index is 206. The van der Waals surface area contributed by atoms with Gasteiger partial charge in [-0.25, -0.2) is 0 Å². The Morgan fingerprint density at radius 3 is 2.36 bits per heavy atom.